The molecule has 0 spiro atoms. The third-order valence-electron chi connectivity index (χ3n) is 3.23. The second-order valence-corrected chi connectivity index (χ2v) is 5.38. The van der Waals surface area contributed by atoms with Gasteiger partial charge >= 0.3 is 0 Å². The van der Waals surface area contributed by atoms with E-state index in [4.69, 9.17) is 0 Å². The lowest BCUT2D eigenvalue weighted by molar-refractivity contribution is -0.706. The van der Waals surface area contributed by atoms with Crippen molar-refractivity contribution in [3.8, 4) is 0 Å². The number of nitrogens with two attached hydrogens (primary N) is 1. The Morgan fingerprint density at radius 2 is 2.00 bits per heavy atom. The molecule has 15 heavy (non-hydrogen) atoms. The Balaban J connectivity index is 1.81. The van der Waals surface area contributed by atoms with Crippen LogP contribution in [0.4, 0.5) is 0 Å². The van der Waals surface area contributed by atoms with Gasteiger partial charge < -0.3 is 5.32 Å². The van der Waals surface area contributed by atoms with Crippen molar-refractivity contribution in [2.45, 2.75) is 44.7 Å². The summed E-state index contributed by atoms with van der Waals surface area (Å²) in [5.74, 6) is 0. The summed E-state index contributed by atoms with van der Waals surface area (Å²) in [7, 11) is 0. The molecule has 1 aliphatic rings. The molecule has 0 unspecified atom stereocenters. The van der Waals surface area contributed by atoms with Gasteiger partial charge in [0.1, 0.15) is 6.54 Å². The standard InChI is InChI=1S/C13H18BrN/c14-12-6-4-5-11(9-12)10-15-13-7-2-1-3-8-13/h4-6,9,13,15H,1-3,7-8,10H2/p+1. The molecule has 1 aromatic rings. The molecule has 0 radical (unpaired) electrons. The number of benzene rings is 1. The van der Waals surface area contributed by atoms with Crippen LogP contribution < -0.4 is 5.32 Å². The predicted molar refractivity (Wildman–Crippen MR) is 66.6 cm³/mol. The van der Waals surface area contributed by atoms with Gasteiger partial charge in [-0.3, -0.25) is 0 Å². The highest BCUT2D eigenvalue weighted by atomic mass is 79.9. The minimum absolute atomic E-state index is 0.873. The topological polar surface area (TPSA) is 16.6 Å². The normalized spacial score (nSPS) is 17.9. The average molecular weight is 269 g/mol. The van der Waals surface area contributed by atoms with Gasteiger partial charge in [0.25, 0.3) is 0 Å². The molecule has 82 valence electrons. The summed E-state index contributed by atoms with van der Waals surface area (Å²) < 4.78 is 1.19. The molecule has 1 saturated carbocycles. The van der Waals surface area contributed by atoms with Crippen molar-refractivity contribution in [2.24, 2.45) is 0 Å². The van der Waals surface area contributed by atoms with Crippen LogP contribution in [-0.4, -0.2) is 6.04 Å². The Morgan fingerprint density at radius 3 is 2.73 bits per heavy atom. The summed E-state index contributed by atoms with van der Waals surface area (Å²) in [5, 5.41) is 2.51. The fourth-order valence-corrected chi connectivity index (χ4v) is 2.78. The van der Waals surface area contributed by atoms with Crippen LogP contribution in [0.15, 0.2) is 28.7 Å². The van der Waals surface area contributed by atoms with Crippen molar-refractivity contribution in [1.82, 2.24) is 0 Å². The fourth-order valence-electron chi connectivity index (χ4n) is 2.34. The number of quaternary nitrogens is 1. The molecule has 0 aliphatic heterocycles. The first kappa shape index (κ1) is 11.2. The van der Waals surface area contributed by atoms with Crippen molar-refractivity contribution >= 4 is 15.9 Å². The van der Waals surface area contributed by atoms with Gasteiger partial charge in [0, 0.05) is 10.0 Å². The van der Waals surface area contributed by atoms with Gasteiger partial charge in [-0.15, -0.1) is 0 Å². The van der Waals surface area contributed by atoms with E-state index in [9.17, 15) is 0 Å². The molecule has 0 heterocycles. The maximum Gasteiger partial charge on any atom is 0.101 e. The number of halogens is 1. The van der Waals surface area contributed by atoms with Gasteiger partial charge in [0.15, 0.2) is 0 Å². The summed E-state index contributed by atoms with van der Waals surface area (Å²) in [6, 6.07) is 9.51. The molecule has 1 fully saturated rings. The predicted octanol–water partition coefficient (Wildman–Crippen LogP) is 2.85. The van der Waals surface area contributed by atoms with Crippen LogP contribution in [0.3, 0.4) is 0 Å². The third-order valence-corrected chi connectivity index (χ3v) is 3.72. The zero-order chi connectivity index (χ0) is 10.5. The Morgan fingerprint density at radius 1 is 1.20 bits per heavy atom. The summed E-state index contributed by atoms with van der Waals surface area (Å²) in [6.45, 7) is 1.13. The first-order valence-electron chi connectivity index (χ1n) is 5.92. The van der Waals surface area contributed by atoms with E-state index in [0.717, 1.165) is 12.6 Å². The van der Waals surface area contributed by atoms with E-state index in [1.54, 1.807) is 0 Å². The Hall–Kier alpha value is -0.340. The second kappa shape index (κ2) is 5.66. The van der Waals surface area contributed by atoms with E-state index < -0.39 is 0 Å². The molecule has 1 aromatic carbocycles. The van der Waals surface area contributed by atoms with E-state index in [2.05, 4.69) is 45.5 Å². The van der Waals surface area contributed by atoms with Crippen molar-refractivity contribution in [1.29, 1.82) is 0 Å². The van der Waals surface area contributed by atoms with Gasteiger partial charge in [-0.2, -0.15) is 0 Å². The van der Waals surface area contributed by atoms with Gasteiger partial charge in [0.2, 0.25) is 0 Å². The van der Waals surface area contributed by atoms with Crippen molar-refractivity contribution in [2.75, 3.05) is 0 Å². The minimum atomic E-state index is 0.873. The number of rotatable bonds is 3. The summed E-state index contributed by atoms with van der Waals surface area (Å²) >= 11 is 3.51. The van der Waals surface area contributed by atoms with Crippen molar-refractivity contribution < 1.29 is 5.32 Å². The second-order valence-electron chi connectivity index (χ2n) is 4.47. The van der Waals surface area contributed by atoms with Gasteiger partial charge in [-0.05, 0) is 37.8 Å². The summed E-state index contributed by atoms with van der Waals surface area (Å²) in [6.07, 6.45) is 7.13. The Labute approximate surface area is 100 Å². The number of hydrogen-bond acceptors (Lipinski definition) is 0. The minimum Gasteiger partial charge on any atom is -0.340 e. The SMILES string of the molecule is Brc1cccc(C[NH2+]C2CCCCC2)c1. The maximum atomic E-state index is 3.51. The van der Waals surface area contributed by atoms with E-state index in [1.807, 2.05) is 0 Å². The zero-order valence-corrected chi connectivity index (χ0v) is 10.7. The van der Waals surface area contributed by atoms with Crippen LogP contribution in [0.5, 0.6) is 0 Å². The van der Waals surface area contributed by atoms with Crippen LogP contribution in [0, 0.1) is 0 Å². The molecular formula is C13H19BrN+. The molecule has 0 amide bonds. The van der Waals surface area contributed by atoms with Crippen LogP contribution in [0.25, 0.3) is 0 Å². The van der Waals surface area contributed by atoms with Gasteiger partial charge in [-0.1, -0.05) is 34.5 Å². The smallest absolute Gasteiger partial charge is 0.101 e. The average Bonchev–Trinajstić information content (AvgIpc) is 2.28. The molecule has 0 bridgehead atoms. The highest BCUT2D eigenvalue weighted by Gasteiger charge is 2.15. The monoisotopic (exact) mass is 268 g/mol. The number of hydrogen-bond donors (Lipinski definition) is 1. The van der Waals surface area contributed by atoms with E-state index in [1.165, 1.54) is 42.1 Å². The molecule has 0 aromatic heterocycles. The third kappa shape index (κ3) is 3.62. The quantitative estimate of drug-likeness (QED) is 0.869. The fraction of sp³-hybridized carbons (Fsp3) is 0.538. The molecule has 2 rings (SSSR count). The Bertz CT molecular complexity index is 305. The molecule has 1 nitrogen and oxygen atoms in total. The molecule has 1 aliphatic carbocycles. The molecule has 2 N–H and O–H groups in total. The van der Waals surface area contributed by atoms with Crippen LogP contribution in [0.1, 0.15) is 37.7 Å². The first-order valence-corrected chi connectivity index (χ1v) is 6.71. The highest BCUT2D eigenvalue weighted by molar-refractivity contribution is 9.10. The lowest BCUT2D eigenvalue weighted by Crippen LogP contribution is -2.88. The van der Waals surface area contributed by atoms with Gasteiger partial charge in [0.05, 0.1) is 6.04 Å². The van der Waals surface area contributed by atoms with Crippen LogP contribution >= 0.6 is 15.9 Å². The Kier molecular flexibility index (Phi) is 4.21. The molecule has 2 heteroatoms. The largest absolute Gasteiger partial charge is 0.340 e. The van der Waals surface area contributed by atoms with Crippen molar-refractivity contribution in [3.05, 3.63) is 34.3 Å². The zero-order valence-electron chi connectivity index (χ0n) is 9.08. The molecule has 0 atom stereocenters. The van der Waals surface area contributed by atoms with E-state index in [0.29, 0.717) is 0 Å². The highest BCUT2D eigenvalue weighted by Crippen LogP contribution is 2.15. The van der Waals surface area contributed by atoms with Crippen molar-refractivity contribution in [3.63, 3.8) is 0 Å². The molecular weight excluding hydrogens is 250 g/mol. The lowest BCUT2D eigenvalue weighted by atomic mass is 9.95. The van der Waals surface area contributed by atoms with Crippen LogP contribution in [-0.2, 0) is 6.54 Å². The summed E-state index contributed by atoms with van der Waals surface area (Å²) in [5.41, 5.74) is 1.43. The lowest BCUT2D eigenvalue weighted by Gasteiger charge is -2.19. The maximum absolute atomic E-state index is 3.51. The van der Waals surface area contributed by atoms with E-state index >= 15 is 0 Å². The molecule has 0 saturated heterocycles. The van der Waals surface area contributed by atoms with E-state index in [-0.39, 0.29) is 0 Å². The first-order chi connectivity index (χ1) is 7.34. The van der Waals surface area contributed by atoms with Crippen LogP contribution in [0.2, 0.25) is 0 Å². The van der Waals surface area contributed by atoms with Gasteiger partial charge in [-0.25, -0.2) is 0 Å². The summed E-state index contributed by atoms with van der Waals surface area (Å²) in [4.78, 5) is 0.